The van der Waals surface area contributed by atoms with Crippen molar-refractivity contribution in [3.05, 3.63) is 53.1 Å². The van der Waals surface area contributed by atoms with Crippen LogP contribution in [0.5, 0.6) is 5.75 Å². The first-order chi connectivity index (χ1) is 9.56. The van der Waals surface area contributed by atoms with Crippen LogP contribution in [0.3, 0.4) is 0 Å². The molecule has 2 aromatic rings. The van der Waals surface area contributed by atoms with Gasteiger partial charge in [-0.1, -0.05) is 23.7 Å². The summed E-state index contributed by atoms with van der Waals surface area (Å²) in [7, 11) is 0. The number of hydrogen-bond donors (Lipinski definition) is 2. The van der Waals surface area contributed by atoms with Crippen molar-refractivity contribution in [1.82, 2.24) is 0 Å². The summed E-state index contributed by atoms with van der Waals surface area (Å²) in [4.78, 5) is 12.7. The van der Waals surface area contributed by atoms with Crippen molar-refractivity contribution in [2.75, 3.05) is 11.1 Å². The average molecular weight is 308 g/mol. The molecule has 0 atom stereocenters. The van der Waals surface area contributed by atoms with Gasteiger partial charge in [0.05, 0.1) is 5.75 Å². The number of carbonyl (C=O) groups excluding carboxylic acids is 1. The minimum atomic E-state index is -0.108. The highest BCUT2D eigenvalue weighted by atomic mass is 35.5. The van der Waals surface area contributed by atoms with Crippen molar-refractivity contribution in [2.24, 2.45) is 0 Å². The number of nitrogens with one attached hydrogen (secondary N) is 1. The van der Waals surface area contributed by atoms with Gasteiger partial charge in [-0.2, -0.15) is 0 Å². The third kappa shape index (κ3) is 3.92. The van der Waals surface area contributed by atoms with Gasteiger partial charge < -0.3 is 10.4 Å². The van der Waals surface area contributed by atoms with E-state index in [0.29, 0.717) is 5.02 Å². The van der Waals surface area contributed by atoms with Crippen LogP contribution in [0.25, 0.3) is 0 Å². The number of aromatic hydroxyl groups is 1. The summed E-state index contributed by atoms with van der Waals surface area (Å²) in [6.07, 6.45) is 0. The lowest BCUT2D eigenvalue weighted by Gasteiger charge is -2.09. The van der Waals surface area contributed by atoms with Crippen molar-refractivity contribution >= 4 is 35.0 Å². The summed E-state index contributed by atoms with van der Waals surface area (Å²) in [5.74, 6) is 0.361. The molecule has 0 saturated carbocycles. The third-order valence-electron chi connectivity index (χ3n) is 2.73. The minimum absolute atomic E-state index is 0.108. The maximum absolute atomic E-state index is 11.9. The summed E-state index contributed by atoms with van der Waals surface area (Å²) in [5.41, 5.74) is 1.57. The van der Waals surface area contributed by atoms with E-state index in [2.05, 4.69) is 5.32 Å². The minimum Gasteiger partial charge on any atom is -0.508 e. The van der Waals surface area contributed by atoms with Gasteiger partial charge in [0.15, 0.2) is 0 Å². The monoisotopic (exact) mass is 307 g/mol. The number of phenolic OH excluding ortho intramolecular Hbond substituents is 1. The number of amides is 1. The lowest BCUT2D eigenvalue weighted by molar-refractivity contribution is -0.113. The zero-order chi connectivity index (χ0) is 14.5. The predicted octanol–water partition coefficient (Wildman–Crippen LogP) is 4.08. The maximum atomic E-state index is 11.9. The summed E-state index contributed by atoms with van der Waals surface area (Å²) >= 11 is 7.37. The molecule has 20 heavy (non-hydrogen) atoms. The van der Waals surface area contributed by atoms with E-state index in [4.69, 9.17) is 11.6 Å². The topological polar surface area (TPSA) is 49.3 Å². The van der Waals surface area contributed by atoms with Crippen molar-refractivity contribution in [3.63, 3.8) is 0 Å². The van der Waals surface area contributed by atoms with Crippen LogP contribution in [-0.4, -0.2) is 16.8 Å². The Morgan fingerprint density at radius 2 is 2.05 bits per heavy atom. The van der Waals surface area contributed by atoms with Crippen molar-refractivity contribution in [2.45, 2.75) is 11.8 Å². The van der Waals surface area contributed by atoms with Gasteiger partial charge in [0.25, 0.3) is 0 Å². The second-order valence-electron chi connectivity index (χ2n) is 4.25. The molecule has 2 aromatic carbocycles. The molecule has 0 fully saturated rings. The predicted molar refractivity (Wildman–Crippen MR) is 83.6 cm³/mol. The van der Waals surface area contributed by atoms with E-state index < -0.39 is 0 Å². The van der Waals surface area contributed by atoms with E-state index in [1.165, 1.54) is 11.8 Å². The molecule has 0 aliphatic carbocycles. The first-order valence-corrected chi connectivity index (χ1v) is 7.39. The Labute approximate surface area is 127 Å². The second-order valence-corrected chi connectivity index (χ2v) is 5.70. The normalized spacial score (nSPS) is 10.3. The van der Waals surface area contributed by atoms with Crippen LogP contribution in [0.2, 0.25) is 5.02 Å². The maximum Gasteiger partial charge on any atom is 0.234 e. The standard InChI is InChI=1S/C15H14ClNO2S/c1-10-13(16)6-3-7-14(10)17-15(19)9-20-12-5-2-4-11(18)8-12/h2-8,18H,9H2,1H3,(H,17,19). The van der Waals surface area contributed by atoms with Gasteiger partial charge in [-0.15, -0.1) is 11.8 Å². The van der Waals surface area contributed by atoms with Crippen LogP contribution in [0.15, 0.2) is 47.4 Å². The fraction of sp³-hybridized carbons (Fsp3) is 0.133. The number of anilines is 1. The number of carbonyl (C=O) groups is 1. The van der Waals surface area contributed by atoms with E-state index in [0.717, 1.165) is 16.1 Å². The SMILES string of the molecule is Cc1c(Cl)cccc1NC(=O)CSc1cccc(O)c1. The molecule has 0 aromatic heterocycles. The zero-order valence-electron chi connectivity index (χ0n) is 10.9. The molecule has 3 nitrogen and oxygen atoms in total. The van der Waals surface area contributed by atoms with Gasteiger partial charge in [0.2, 0.25) is 5.91 Å². The molecular weight excluding hydrogens is 294 g/mol. The van der Waals surface area contributed by atoms with Crippen molar-refractivity contribution < 1.29 is 9.90 Å². The summed E-state index contributed by atoms with van der Waals surface area (Å²) in [6.45, 7) is 1.86. The van der Waals surface area contributed by atoms with Gasteiger partial charge in [-0.3, -0.25) is 4.79 Å². The van der Waals surface area contributed by atoms with Crippen LogP contribution >= 0.6 is 23.4 Å². The van der Waals surface area contributed by atoms with Gasteiger partial charge >= 0.3 is 0 Å². The zero-order valence-corrected chi connectivity index (χ0v) is 12.5. The van der Waals surface area contributed by atoms with Crippen LogP contribution in [-0.2, 0) is 4.79 Å². The molecule has 104 valence electrons. The van der Waals surface area contributed by atoms with Crippen LogP contribution in [0, 0.1) is 6.92 Å². The number of hydrogen-bond acceptors (Lipinski definition) is 3. The van der Waals surface area contributed by atoms with Gasteiger partial charge in [0.1, 0.15) is 5.75 Å². The number of thioether (sulfide) groups is 1. The first-order valence-electron chi connectivity index (χ1n) is 6.03. The summed E-state index contributed by atoms with van der Waals surface area (Å²) < 4.78 is 0. The highest BCUT2D eigenvalue weighted by Gasteiger charge is 2.07. The van der Waals surface area contributed by atoms with Crippen LogP contribution in [0.1, 0.15) is 5.56 Å². The van der Waals surface area contributed by atoms with Crippen LogP contribution < -0.4 is 5.32 Å². The molecule has 5 heteroatoms. The molecule has 2 rings (SSSR count). The molecule has 0 unspecified atom stereocenters. The highest BCUT2D eigenvalue weighted by Crippen LogP contribution is 2.25. The summed E-state index contributed by atoms with van der Waals surface area (Å²) in [5, 5.41) is 12.8. The Hall–Kier alpha value is -1.65. The molecule has 0 bridgehead atoms. The Morgan fingerprint density at radius 1 is 1.30 bits per heavy atom. The third-order valence-corrected chi connectivity index (χ3v) is 4.13. The first kappa shape index (κ1) is 14.8. The molecule has 2 N–H and O–H groups in total. The summed E-state index contributed by atoms with van der Waals surface area (Å²) in [6, 6.07) is 12.2. The molecule has 0 heterocycles. The lowest BCUT2D eigenvalue weighted by atomic mass is 10.2. The highest BCUT2D eigenvalue weighted by molar-refractivity contribution is 8.00. The van der Waals surface area contributed by atoms with Gasteiger partial charge in [0, 0.05) is 15.6 Å². The molecule has 0 radical (unpaired) electrons. The smallest absolute Gasteiger partial charge is 0.234 e. The molecule has 0 saturated heterocycles. The van der Waals surface area contributed by atoms with Gasteiger partial charge in [-0.05, 0) is 42.8 Å². The van der Waals surface area contributed by atoms with E-state index in [9.17, 15) is 9.90 Å². The van der Waals surface area contributed by atoms with Crippen molar-refractivity contribution in [3.8, 4) is 5.75 Å². The number of phenols is 1. The fourth-order valence-corrected chi connectivity index (χ4v) is 2.57. The molecule has 0 spiro atoms. The Morgan fingerprint density at radius 3 is 2.80 bits per heavy atom. The number of benzene rings is 2. The van der Waals surface area contributed by atoms with E-state index in [-0.39, 0.29) is 17.4 Å². The fourth-order valence-electron chi connectivity index (χ4n) is 1.65. The number of halogens is 1. The lowest BCUT2D eigenvalue weighted by Crippen LogP contribution is -2.14. The van der Waals surface area contributed by atoms with Gasteiger partial charge in [-0.25, -0.2) is 0 Å². The van der Waals surface area contributed by atoms with Crippen molar-refractivity contribution in [1.29, 1.82) is 0 Å². The average Bonchev–Trinajstić information content (AvgIpc) is 2.42. The Balaban J connectivity index is 1.94. The molecule has 0 aliphatic heterocycles. The Kier molecular flexibility index (Phi) is 4.93. The molecule has 0 aliphatic rings. The van der Waals surface area contributed by atoms with E-state index in [1.54, 1.807) is 30.3 Å². The van der Waals surface area contributed by atoms with Crippen LogP contribution in [0.4, 0.5) is 5.69 Å². The molecular formula is C15H14ClNO2S. The second kappa shape index (κ2) is 6.68. The Bertz CT molecular complexity index is 631. The van der Waals surface area contributed by atoms with E-state index >= 15 is 0 Å². The largest absolute Gasteiger partial charge is 0.508 e. The van der Waals surface area contributed by atoms with E-state index in [1.807, 2.05) is 19.1 Å². The quantitative estimate of drug-likeness (QED) is 0.837. The number of rotatable bonds is 4. The molecule has 1 amide bonds.